The molecule has 0 amide bonds. The Morgan fingerprint density at radius 2 is 1.65 bits per heavy atom. The minimum absolute atomic E-state index is 0.0632. The van der Waals surface area contributed by atoms with Crippen molar-refractivity contribution in [2.45, 2.75) is 37.1 Å². The predicted octanol–water partition coefficient (Wildman–Crippen LogP) is 3.54. The van der Waals surface area contributed by atoms with E-state index in [9.17, 15) is 17.6 Å². The number of aliphatic carboxylic acids is 1. The lowest BCUT2D eigenvalue weighted by atomic mass is 10.1. The van der Waals surface area contributed by atoms with Crippen molar-refractivity contribution in [3.05, 3.63) is 54.3 Å². The van der Waals surface area contributed by atoms with Crippen molar-refractivity contribution in [1.29, 1.82) is 0 Å². The minimum atomic E-state index is -3.97. The lowest BCUT2D eigenvalue weighted by Gasteiger charge is -2.14. The number of ether oxygens (including phenoxy) is 1. The molecule has 0 saturated carbocycles. The first-order valence-corrected chi connectivity index (χ1v) is 9.59. The van der Waals surface area contributed by atoms with E-state index in [1.165, 1.54) is 48.5 Å². The molecule has 2 rings (SSSR count). The van der Waals surface area contributed by atoms with Crippen molar-refractivity contribution in [3.63, 3.8) is 0 Å². The van der Waals surface area contributed by atoms with E-state index in [2.05, 4.69) is 4.72 Å². The molecule has 0 radical (unpaired) electrons. The van der Waals surface area contributed by atoms with Crippen LogP contribution in [0.4, 0.5) is 4.39 Å². The Bertz CT molecular complexity index is 835. The van der Waals surface area contributed by atoms with Crippen molar-refractivity contribution >= 4 is 16.0 Å². The Kier molecular flexibility index (Phi) is 6.70. The summed E-state index contributed by atoms with van der Waals surface area (Å²) in [5.74, 6) is -0.818. The average molecular weight is 381 g/mol. The van der Waals surface area contributed by atoms with Crippen molar-refractivity contribution in [2.24, 2.45) is 0 Å². The fourth-order valence-corrected chi connectivity index (χ4v) is 3.45. The third kappa shape index (κ3) is 5.53. The first kappa shape index (κ1) is 19.9. The van der Waals surface area contributed by atoms with E-state index in [-0.39, 0.29) is 17.1 Å². The van der Waals surface area contributed by atoms with Crippen molar-refractivity contribution < 1.29 is 27.4 Å². The highest BCUT2D eigenvalue weighted by Gasteiger charge is 2.24. The Morgan fingerprint density at radius 1 is 1.12 bits per heavy atom. The second kappa shape index (κ2) is 8.77. The van der Waals surface area contributed by atoms with Crippen LogP contribution in [0.5, 0.6) is 11.5 Å². The van der Waals surface area contributed by atoms with Gasteiger partial charge in [0.05, 0.1) is 4.90 Å². The van der Waals surface area contributed by atoms with E-state index in [0.29, 0.717) is 17.9 Å². The van der Waals surface area contributed by atoms with Gasteiger partial charge in [-0.2, -0.15) is 4.72 Å². The van der Waals surface area contributed by atoms with Gasteiger partial charge in [0, 0.05) is 0 Å². The minimum Gasteiger partial charge on any atom is -0.480 e. The summed E-state index contributed by atoms with van der Waals surface area (Å²) in [5, 5.41) is 9.16. The Morgan fingerprint density at radius 3 is 2.15 bits per heavy atom. The van der Waals surface area contributed by atoms with Crippen LogP contribution >= 0.6 is 0 Å². The Labute approximate surface area is 151 Å². The van der Waals surface area contributed by atoms with E-state index in [1.807, 2.05) is 6.92 Å². The summed E-state index contributed by atoms with van der Waals surface area (Å²) in [4.78, 5) is 11.2. The molecule has 1 unspecified atom stereocenters. The van der Waals surface area contributed by atoms with Gasteiger partial charge in [0.25, 0.3) is 0 Å². The highest BCUT2D eigenvalue weighted by molar-refractivity contribution is 7.89. The van der Waals surface area contributed by atoms with Crippen molar-refractivity contribution in [1.82, 2.24) is 4.72 Å². The molecule has 2 aromatic carbocycles. The normalized spacial score (nSPS) is 12.5. The molecule has 0 aliphatic carbocycles. The molecule has 140 valence electrons. The maximum Gasteiger partial charge on any atom is 0.321 e. The van der Waals surface area contributed by atoms with Gasteiger partial charge in [0.1, 0.15) is 23.4 Å². The quantitative estimate of drug-likeness (QED) is 0.693. The van der Waals surface area contributed by atoms with Crippen LogP contribution < -0.4 is 9.46 Å². The molecular formula is C18H20FNO5S. The molecule has 0 aliphatic heterocycles. The molecule has 0 spiro atoms. The highest BCUT2D eigenvalue weighted by Crippen LogP contribution is 2.23. The number of carboxylic acid groups (broad SMARTS) is 1. The van der Waals surface area contributed by atoms with Gasteiger partial charge in [-0.3, -0.25) is 4.79 Å². The highest BCUT2D eigenvalue weighted by atomic mass is 32.2. The van der Waals surface area contributed by atoms with Gasteiger partial charge in [-0.15, -0.1) is 0 Å². The third-order valence-corrected chi connectivity index (χ3v) is 5.11. The Hall–Kier alpha value is -2.45. The molecule has 0 aromatic heterocycles. The van der Waals surface area contributed by atoms with Gasteiger partial charge in [-0.05, 0) is 55.0 Å². The van der Waals surface area contributed by atoms with Gasteiger partial charge in [-0.25, -0.2) is 12.8 Å². The molecule has 0 saturated heterocycles. The second-order valence-electron chi connectivity index (χ2n) is 5.68. The number of benzene rings is 2. The van der Waals surface area contributed by atoms with Crippen LogP contribution in [0.3, 0.4) is 0 Å². The number of hydrogen-bond acceptors (Lipinski definition) is 4. The number of rotatable bonds is 9. The number of carboxylic acids is 1. The van der Waals surface area contributed by atoms with E-state index in [1.54, 1.807) is 0 Å². The lowest BCUT2D eigenvalue weighted by molar-refractivity contribution is -0.139. The van der Waals surface area contributed by atoms with Crippen molar-refractivity contribution in [3.8, 4) is 11.5 Å². The number of sulfonamides is 1. The lowest BCUT2D eigenvalue weighted by Crippen LogP contribution is -2.40. The molecule has 0 fully saturated rings. The van der Waals surface area contributed by atoms with Crippen LogP contribution in [0.25, 0.3) is 0 Å². The second-order valence-corrected chi connectivity index (χ2v) is 7.40. The number of hydrogen-bond donors (Lipinski definition) is 2. The standard InChI is InChI=1S/C18H20FNO5S/c1-2-3-4-17(18(21)22)20-26(23,24)16-11-9-15(10-12-16)25-14-7-5-13(19)6-8-14/h5-12,17,20H,2-4H2,1H3,(H,21,22). The van der Waals surface area contributed by atoms with Crippen LogP contribution in [-0.2, 0) is 14.8 Å². The fraction of sp³-hybridized carbons (Fsp3) is 0.278. The van der Waals surface area contributed by atoms with Crippen LogP contribution in [0.15, 0.2) is 53.4 Å². The maximum atomic E-state index is 12.9. The summed E-state index contributed by atoms with van der Waals surface area (Å²) < 4.78 is 45.3. The number of halogens is 1. The van der Waals surface area contributed by atoms with Crippen LogP contribution in [-0.4, -0.2) is 25.5 Å². The summed E-state index contributed by atoms with van der Waals surface area (Å²) in [7, 11) is -3.97. The fourth-order valence-electron chi connectivity index (χ4n) is 2.22. The van der Waals surface area contributed by atoms with Crippen LogP contribution in [0.1, 0.15) is 26.2 Å². The zero-order valence-electron chi connectivity index (χ0n) is 14.2. The summed E-state index contributed by atoms with van der Waals surface area (Å²) in [6.45, 7) is 1.90. The summed E-state index contributed by atoms with van der Waals surface area (Å²) in [6, 6.07) is 9.76. The van der Waals surface area contributed by atoms with Gasteiger partial charge in [0.2, 0.25) is 10.0 Å². The SMILES string of the molecule is CCCCC(NS(=O)(=O)c1ccc(Oc2ccc(F)cc2)cc1)C(=O)O. The molecule has 1 atom stereocenters. The number of nitrogens with one attached hydrogen (secondary N) is 1. The molecule has 6 nitrogen and oxygen atoms in total. The average Bonchev–Trinajstić information content (AvgIpc) is 2.61. The first-order valence-electron chi connectivity index (χ1n) is 8.10. The third-order valence-electron chi connectivity index (χ3n) is 3.63. The first-order chi connectivity index (χ1) is 12.3. The van der Waals surface area contributed by atoms with Crippen LogP contribution in [0, 0.1) is 5.82 Å². The van der Waals surface area contributed by atoms with E-state index in [0.717, 1.165) is 6.42 Å². The molecule has 0 heterocycles. The molecule has 8 heteroatoms. The van der Waals surface area contributed by atoms with Gasteiger partial charge in [0.15, 0.2) is 0 Å². The molecule has 0 bridgehead atoms. The monoisotopic (exact) mass is 381 g/mol. The van der Waals surface area contributed by atoms with E-state index >= 15 is 0 Å². The smallest absolute Gasteiger partial charge is 0.321 e. The van der Waals surface area contributed by atoms with Gasteiger partial charge < -0.3 is 9.84 Å². The summed E-state index contributed by atoms with van der Waals surface area (Å²) >= 11 is 0. The predicted molar refractivity (Wildman–Crippen MR) is 94.2 cm³/mol. The van der Waals surface area contributed by atoms with Gasteiger partial charge >= 0.3 is 5.97 Å². The van der Waals surface area contributed by atoms with Crippen LogP contribution in [0.2, 0.25) is 0 Å². The zero-order valence-corrected chi connectivity index (χ0v) is 15.0. The van der Waals surface area contributed by atoms with E-state index < -0.39 is 22.0 Å². The summed E-state index contributed by atoms with van der Waals surface area (Å²) in [5.41, 5.74) is 0. The zero-order chi connectivity index (χ0) is 19.2. The molecular weight excluding hydrogens is 361 g/mol. The Balaban J connectivity index is 2.09. The molecule has 2 N–H and O–H groups in total. The molecule has 2 aromatic rings. The maximum absolute atomic E-state index is 12.9. The number of unbranched alkanes of at least 4 members (excludes halogenated alkanes) is 1. The molecule has 26 heavy (non-hydrogen) atoms. The molecule has 0 aliphatic rings. The van der Waals surface area contributed by atoms with E-state index in [4.69, 9.17) is 9.84 Å². The summed E-state index contributed by atoms with van der Waals surface area (Å²) in [6.07, 6.45) is 1.59. The number of carbonyl (C=O) groups is 1. The van der Waals surface area contributed by atoms with Gasteiger partial charge in [-0.1, -0.05) is 19.8 Å². The largest absolute Gasteiger partial charge is 0.480 e. The topological polar surface area (TPSA) is 92.7 Å². The van der Waals surface area contributed by atoms with Crippen molar-refractivity contribution in [2.75, 3.05) is 0 Å².